The molecule has 0 bridgehead atoms. The maximum absolute atomic E-state index is 10.7. The lowest BCUT2D eigenvalue weighted by atomic mass is 9.82. The molecule has 0 unspecified atom stereocenters. The fraction of sp³-hybridized carbons (Fsp3) is 0.889. The summed E-state index contributed by atoms with van der Waals surface area (Å²) >= 11 is 0. The fourth-order valence-electron chi connectivity index (χ4n) is 1.71. The van der Waals surface area contributed by atoms with Crippen molar-refractivity contribution in [2.75, 3.05) is 6.61 Å². The van der Waals surface area contributed by atoms with E-state index in [2.05, 4.69) is 6.92 Å². The van der Waals surface area contributed by atoms with Gasteiger partial charge in [-0.15, -0.1) is 0 Å². The van der Waals surface area contributed by atoms with Gasteiger partial charge in [-0.3, -0.25) is 0 Å². The number of ether oxygens (including phenoxy) is 1. The highest BCUT2D eigenvalue weighted by molar-refractivity contribution is 5.59. The predicted octanol–water partition coefficient (Wildman–Crippen LogP) is 1.64. The van der Waals surface area contributed by atoms with E-state index in [9.17, 15) is 4.79 Å². The molecule has 0 N–H and O–H groups in total. The highest BCUT2D eigenvalue weighted by Crippen LogP contribution is 2.33. The number of aldehydes is 1. The van der Waals surface area contributed by atoms with E-state index in [1.165, 1.54) is 0 Å². The average Bonchev–Trinajstić information content (AvgIpc) is 2.36. The molecule has 0 aromatic heterocycles. The predicted molar refractivity (Wildman–Crippen MR) is 43.4 cm³/mol. The van der Waals surface area contributed by atoms with Gasteiger partial charge in [-0.1, -0.05) is 20.8 Å². The van der Waals surface area contributed by atoms with Crippen LogP contribution in [0.15, 0.2) is 0 Å². The topological polar surface area (TPSA) is 26.3 Å². The summed E-state index contributed by atoms with van der Waals surface area (Å²) in [6.45, 7) is 6.82. The van der Waals surface area contributed by atoms with Crippen molar-refractivity contribution in [3.8, 4) is 0 Å². The summed E-state index contributed by atoms with van der Waals surface area (Å²) in [6, 6.07) is 0. The van der Waals surface area contributed by atoms with Crippen LogP contribution in [-0.4, -0.2) is 19.0 Å². The summed E-state index contributed by atoms with van der Waals surface area (Å²) < 4.78 is 5.49. The molecule has 1 aliphatic rings. The van der Waals surface area contributed by atoms with E-state index in [0.29, 0.717) is 5.92 Å². The molecule has 0 aromatic carbocycles. The van der Waals surface area contributed by atoms with E-state index in [0.717, 1.165) is 19.3 Å². The van der Waals surface area contributed by atoms with E-state index in [-0.39, 0.29) is 11.5 Å². The van der Waals surface area contributed by atoms with Crippen LogP contribution in [0.5, 0.6) is 0 Å². The molecule has 1 fully saturated rings. The molecule has 0 radical (unpaired) electrons. The van der Waals surface area contributed by atoms with Crippen LogP contribution in [0.1, 0.15) is 27.2 Å². The lowest BCUT2D eigenvalue weighted by molar-refractivity contribution is -0.122. The van der Waals surface area contributed by atoms with E-state index >= 15 is 0 Å². The number of rotatable bonds is 2. The van der Waals surface area contributed by atoms with Gasteiger partial charge in [0, 0.05) is 12.0 Å². The van der Waals surface area contributed by atoms with E-state index in [1.807, 2.05) is 13.8 Å². The molecule has 2 nitrogen and oxygen atoms in total. The lowest BCUT2D eigenvalue weighted by Crippen LogP contribution is -2.34. The van der Waals surface area contributed by atoms with Crippen molar-refractivity contribution < 1.29 is 9.53 Å². The molecule has 0 saturated carbocycles. The first-order valence-corrected chi connectivity index (χ1v) is 4.16. The van der Waals surface area contributed by atoms with Crippen molar-refractivity contribution in [3.05, 3.63) is 0 Å². The van der Waals surface area contributed by atoms with E-state index < -0.39 is 0 Å². The van der Waals surface area contributed by atoms with Crippen molar-refractivity contribution in [2.24, 2.45) is 11.3 Å². The molecule has 2 heteroatoms. The molecule has 11 heavy (non-hydrogen) atoms. The van der Waals surface area contributed by atoms with Gasteiger partial charge in [0.05, 0.1) is 6.10 Å². The second kappa shape index (κ2) is 2.94. The maximum atomic E-state index is 10.7. The standard InChI is InChI=1S/C9H16O2/c1-7-4-5-11-8(7)9(2,3)6-10/h6-8H,4-5H2,1-3H3/t7-,8+/m1/s1. The molecule has 0 amide bonds. The maximum Gasteiger partial charge on any atom is 0.128 e. The van der Waals surface area contributed by atoms with Gasteiger partial charge in [-0.05, 0) is 12.3 Å². The lowest BCUT2D eigenvalue weighted by Gasteiger charge is -2.27. The van der Waals surface area contributed by atoms with Crippen LogP contribution in [0.2, 0.25) is 0 Å². The molecule has 2 atom stereocenters. The molecule has 1 saturated heterocycles. The number of hydrogen-bond donors (Lipinski definition) is 0. The second-order valence-electron chi connectivity index (χ2n) is 4.00. The molecule has 64 valence electrons. The Hall–Kier alpha value is -0.370. The summed E-state index contributed by atoms with van der Waals surface area (Å²) in [7, 11) is 0. The molecule has 0 aliphatic carbocycles. The van der Waals surface area contributed by atoms with Crippen LogP contribution in [0.25, 0.3) is 0 Å². The Morgan fingerprint density at radius 2 is 2.18 bits per heavy atom. The van der Waals surface area contributed by atoms with Crippen LogP contribution >= 0.6 is 0 Å². The van der Waals surface area contributed by atoms with Crippen molar-refractivity contribution in [2.45, 2.75) is 33.3 Å². The van der Waals surface area contributed by atoms with Crippen molar-refractivity contribution in [1.82, 2.24) is 0 Å². The van der Waals surface area contributed by atoms with Gasteiger partial charge in [0.25, 0.3) is 0 Å². The van der Waals surface area contributed by atoms with Gasteiger partial charge in [-0.2, -0.15) is 0 Å². The van der Waals surface area contributed by atoms with Gasteiger partial charge < -0.3 is 9.53 Å². The molecule has 1 heterocycles. The summed E-state index contributed by atoms with van der Waals surface area (Å²) in [4.78, 5) is 10.7. The van der Waals surface area contributed by atoms with Crippen molar-refractivity contribution >= 4 is 6.29 Å². The monoisotopic (exact) mass is 156 g/mol. The summed E-state index contributed by atoms with van der Waals surface area (Å²) in [6.07, 6.45) is 2.21. The van der Waals surface area contributed by atoms with Crippen LogP contribution in [0.3, 0.4) is 0 Å². The summed E-state index contributed by atoms with van der Waals surface area (Å²) in [5, 5.41) is 0. The SMILES string of the molecule is C[C@@H]1CCO[C@@H]1C(C)(C)C=O. The molecule has 0 spiro atoms. The minimum atomic E-state index is -0.310. The van der Waals surface area contributed by atoms with Crippen LogP contribution in [-0.2, 0) is 9.53 Å². The fourth-order valence-corrected chi connectivity index (χ4v) is 1.71. The third-order valence-corrected chi connectivity index (χ3v) is 2.42. The van der Waals surface area contributed by atoms with Gasteiger partial charge in [0.1, 0.15) is 6.29 Å². The Morgan fingerprint density at radius 1 is 1.55 bits per heavy atom. The minimum Gasteiger partial charge on any atom is -0.377 e. The number of carbonyl (C=O) groups is 1. The molecule has 1 rings (SSSR count). The van der Waals surface area contributed by atoms with E-state index in [1.54, 1.807) is 0 Å². The van der Waals surface area contributed by atoms with Crippen LogP contribution in [0, 0.1) is 11.3 Å². The molecular formula is C9H16O2. The van der Waals surface area contributed by atoms with Gasteiger partial charge in [0.2, 0.25) is 0 Å². The first-order valence-electron chi connectivity index (χ1n) is 4.16. The zero-order valence-corrected chi connectivity index (χ0v) is 7.46. The zero-order chi connectivity index (χ0) is 8.48. The molecule has 1 aliphatic heterocycles. The first-order chi connectivity index (χ1) is 5.08. The third-order valence-electron chi connectivity index (χ3n) is 2.42. The second-order valence-corrected chi connectivity index (χ2v) is 4.00. The minimum absolute atomic E-state index is 0.125. The average molecular weight is 156 g/mol. The normalized spacial score (nSPS) is 32.3. The number of hydrogen-bond acceptors (Lipinski definition) is 2. The Kier molecular flexibility index (Phi) is 2.33. The largest absolute Gasteiger partial charge is 0.377 e. The van der Waals surface area contributed by atoms with Crippen molar-refractivity contribution in [3.63, 3.8) is 0 Å². The Bertz CT molecular complexity index is 152. The smallest absolute Gasteiger partial charge is 0.128 e. The Morgan fingerprint density at radius 3 is 2.55 bits per heavy atom. The highest BCUT2D eigenvalue weighted by Gasteiger charge is 2.37. The zero-order valence-electron chi connectivity index (χ0n) is 7.46. The summed E-state index contributed by atoms with van der Waals surface area (Å²) in [5.41, 5.74) is -0.310. The first kappa shape index (κ1) is 8.72. The molecular weight excluding hydrogens is 140 g/mol. The van der Waals surface area contributed by atoms with E-state index in [4.69, 9.17) is 4.74 Å². The highest BCUT2D eigenvalue weighted by atomic mass is 16.5. The number of carbonyl (C=O) groups excluding carboxylic acids is 1. The van der Waals surface area contributed by atoms with Gasteiger partial charge >= 0.3 is 0 Å². The Balaban J connectivity index is 2.65. The summed E-state index contributed by atoms with van der Waals surface area (Å²) in [5.74, 6) is 0.523. The molecule has 0 aromatic rings. The van der Waals surface area contributed by atoms with Crippen LogP contribution in [0.4, 0.5) is 0 Å². The third kappa shape index (κ3) is 1.62. The Labute approximate surface area is 67.9 Å². The van der Waals surface area contributed by atoms with Crippen LogP contribution < -0.4 is 0 Å². The van der Waals surface area contributed by atoms with Crippen molar-refractivity contribution in [1.29, 1.82) is 0 Å². The quantitative estimate of drug-likeness (QED) is 0.568. The van der Waals surface area contributed by atoms with Gasteiger partial charge in [0.15, 0.2) is 0 Å². The van der Waals surface area contributed by atoms with Gasteiger partial charge in [-0.25, -0.2) is 0 Å².